The summed E-state index contributed by atoms with van der Waals surface area (Å²) in [6, 6.07) is -0.324. The Morgan fingerprint density at radius 3 is 2.59 bits per heavy atom. The van der Waals surface area contributed by atoms with Crippen molar-refractivity contribution in [1.82, 2.24) is 20.8 Å². The van der Waals surface area contributed by atoms with Gasteiger partial charge in [-0.1, -0.05) is 5.16 Å². The number of nitrogens with one attached hydrogen (secondary N) is 2. The first-order chi connectivity index (χ1) is 10.4. The largest absolute Gasteiger partial charge is 0.361 e. The van der Waals surface area contributed by atoms with E-state index in [1.165, 1.54) is 0 Å². The number of aromatic nitrogens is 2. The second kappa shape index (κ2) is 6.91. The summed E-state index contributed by atoms with van der Waals surface area (Å²) in [5.74, 6) is 0.804. The second-order valence-corrected chi connectivity index (χ2v) is 6.60. The number of urea groups is 1. The van der Waals surface area contributed by atoms with Crippen LogP contribution in [0.1, 0.15) is 47.6 Å². The van der Waals surface area contributed by atoms with Gasteiger partial charge in [0.15, 0.2) is 0 Å². The summed E-state index contributed by atoms with van der Waals surface area (Å²) < 4.78 is 5.14. The van der Waals surface area contributed by atoms with Crippen molar-refractivity contribution in [3.8, 4) is 0 Å². The average Bonchev–Trinajstić information content (AvgIpc) is 2.99. The maximum Gasteiger partial charge on any atom is 0.315 e. The second-order valence-electron chi connectivity index (χ2n) is 5.54. The number of hydrogen-bond acceptors (Lipinski definition) is 5. The predicted octanol–water partition coefficient (Wildman–Crippen LogP) is 3.05. The molecule has 0 bridgehead atoms. The van der Waals surface area contributed by atoms with Crippen molar-refractivity contribution in [3.63, 3.8) is 0 Å². The van der Waals surface area contributed by atoms with Crippen molar-refractivity contribution in [3.05, 3.63) is 33.1 Å². The van der Waals surface area contributed by atoms with E-state index in [2.05, 4.69) is 20.8 Å². The van der Waals surface area contributed by atoms with Crippen LogP contribution in [0.4, 0.5) is 4.79 Å². The molecule has 6 nitrogen and oxygen atoms in total. The topological polar surface area (TPSA) is 80.0 Å². The van der Waals surface area contributed by atoms with Crippen molar-refractivity contribution in [1.29, 1.82) is 0 Å². The molecule has 0 saturated heterocycles. The standard InChI is InChI=1S/C15H22N4O2S/c1-8(6-13-9(2)19-21-11(13)4)16-15(20)17-10(3)14-7-22-12(5)18-14/h7-8,10H,6H2,1-5H3,(H2,16,17,20). The molecular formula is C15H22N4O2S. The van der Waals surface area contributed by atoms with Gasteiger partial charge in [0.1, 0.15) is 5.76 Å². The fourth-order valence-corrected chi connectivity index (χ4v) is 2.97. The minimum atomic E-state index is -0.197. The summed E-state index contributed by atoms with van der Waals surface area (Å²) in [6.07, 6.45) is 0.693. The van der Waals surface area contributed by atoms with E-state index in [0.29, 0.717) is 6.42 Å². The summed E-state index contributed by atoms with van der Waals surface area (Å²) in [4.78, 5) is 16.4. The summed E-state index contributed by atoms with van der Waals surface area (Å²) in [5, 5.41) is 12.7. The van der Waals surface area contributed by atoms with Crippen LogP contribution in [0.15, 0.2) is 9.90 Å². The van der Waals surface area contributed by atoms with Crippen molar-refractivity contribution in [2.24, 2.45) is 0 Å². The van der Waals surface area contributed by atoms with E-state index in [4.69, 9.17) is 4.52 Å². The Balaban J connectivity index is 1.86. The van der Waals surface area contributed by atoms with Gasteiger partial charge >= 0.3 is 6.03 Å². The van der Waals surface area contributed by atoms with Gasteiger partial charge < -0.3 is 15.2 Å². The fourth-order valence-electron chi connectivity index (χ4n) is 2.27. The quantitative estimate of drug-likeness (QED) is 0.886. The Labute approximate surface area is 134 Å². The highest BCUT2D eigenvalue weighted by Gasteiger charge is 2.16. The van der Waals surface area contributed by atoms with E-state index in [0.717, 1.165) is 27.7 Å². The Kier molecular flexibility index (Phi) is 5.18. The van der Waals surface area contributed by atoms with Crippen LogP contribution in [0.3, 0.4) is 0 Å². The van der Waals surface area contributed by atoms with Crippen LogP contribution in [0.2, 0.25) is 0 Å². The van der Waals surface area contributed by atoms with Crippen LogP contribution >= 0.6 is 11.3 Å². The molecule has 2 amide bonds. The third-order valence-electron chi connectivity index (χ3n) is 3.50. The summed E-state index contributed by atoms with van der Waals surface area (Å²) in [6.45, 7) is 9.63. The first-order valence-corrected chi connectivity index (χ1v) is 8.15. The van der Waals surface area contributed by atoms with Gasteiger partial charge in [0.2, 0.25) is 0 Å². The number of hydrogen-bond donors (Lipinski definition) is 2. The number of rotatable bonds is 5. The predicted molar refractivity (Wildman–Crippen MR) is 86.1 cm³/mol. The van der Waals surface area contributed by atoms with Gasteiger partial charge in [0, 0.05) is 17.0 Å². The molecule has 2 N–H and O–H groups in total. The zero-order valence-corrected chi connectivity index (χ0v) is 14.4. The minimum absolute atomic E-state index is 0.0128. The zero-order valence-electron chi connectivity index (χ0n) is 13.6. The third-order valence-corrected chi connectivity index (χ3v) is 4.29. The lowest BCUT2D eigenvalue weighted by Gasteiger charge is -2.17. The van der Waals surface area contributed by atoms with Gasteiger partial charge in [-0.05, 0) is 41.0 Å². The molecule has 2 aromatic heterocycles. The number of nitrogens with zero attached hydrogens (tertiary/aromatic N) is 2. The Morgan fingerprint density at radius 2 is 2.05 bits per heavy atom. The molecule has 0 saturated carbocycles. The van der Waals surface area contributed by atoms with E-state index in [9.17, 15) is 4.79 Å². The van der Waals surface area contributed by atoms with E-state index >= 15 is 0 Å². The maximum absolute atomic E-state index is 12.1. The molecule has 0 aliphatic rings. The number of amides is 2. The van der Waals surface area contributed by atoms with Gasteiger partial charge in [0.25, 0.3) is 0 Å². The first kappa shape index (κ1) is 16.5. The van der Waals surface area contributed by atoms with Gasteiger partial charge in [0.05, 0.1) is 22.4 Å². The molecule has 7 heteroatoms. The SMILES string of the molecule is Cc1nc(C(C)NC(=O)NC(C)Cc2c(C)noc2C)cs1. The fraction of sp³-hybridized carbons (Fsp3) is 0.533. The first-order valence-electron chi connectivity index (χ1n) is 7.27. The molecule has 2 unspecified atom stereocenters. The van der Waals surface area contributed by atoms with Crippen LogP contribution < -0.4 is 10.6 Å². The molecule has 120 valence electrons. The molecule has 2 rings (SSSR count). The van der Waals surface area contributed by atoms with Gasteiger partial charge in [-0.15, -0.1) is 11.3 Å². The Hall–Kier alpha value is -1.89. The molecule has 0 aliphatic carbocycles. The van der Waals surface area contributed by atoms with Gasteiger partial charge in [-0.3, -0.25) is 0 Å². The Bertz CT molecular complexity index is 630. The van der Waals surface area contributed by atoms with E-state index in [1.54, 1.807) is 11.3 Å². The molecule has 2 heterocycles. The highest BCUT2D eigenvalue weighted by molar-refractivity contribution is 7.09. The molecule has 2 atom stereocenters. The summed E-state index contributed by atoms with van der Waals surface area (Å²) in [5.41, 5.74) is 2.81. The van der Waals surface area contributed by atoms with Crippen LogP contribution in [0, 0.1) is 20.8 Å². The molecule has 2 aromatic rings. The zero-order chi connectivity index (χ0) is 16.3. The molecule has 0 fully saturated rings. The Morgan fingerprint density at radius 1 is 1.32 bits per heavy atom. The van der Waals surface area contributed by atoms with Crippen LogP contribution in [-0.2, 0) is 6.42 Å². The smallest absolute Gasteiger partial charge is 0.315 e. The monoisotopic (exact) mass is 322 g/mol. The number of carbonyl (C=O) groups excluding carboxylic acids is 1. The van der Waals surface area contributed by atoms with E-state index in [1.807, 2.05) is 40.0 Å². The lowest BCUT2D eigenvalue weighted by molar-refractivity contribution is 0.234. The number of thiazole rings is 1. The lowest BCUT2D eigenvalue weighted by atomic mass is 10.1. The molecule has 22 heavy (non-hydrogen) atoms. The third kappa shape index (κ3) is 4.07. The van der Waals surface area contributed by atoms with Gasteiger partial charge in [-0.25, -0.2) is 9.78 Å². The number of carbonyl (C=O) groups is 1. The molecule has 0 radical (unpaired) electrons. The van der Waals surface area contributed by atoms with E-state index < -0.39 is 0 Å². The molecule has 0 aliphatic heterocycles. The minimum Gasteiger partial charge on any atom is -0.361 e. The van der Waals surface area contributed by atoms with Crippen LogP contribution in [0.5, 0.6) is 0 Å². The van der Waals surface area contributed by atoms with E-state index in [-0.39, 0.29) is 18.1 Å². The van der Waals surface area contributed by atoms with Crippen molar-refractivity contribution in [2.75, 3.05) is 0 Å². The van der Waals surface area contributed by atoms with Gasteiger partial charge in [-0.2, -0.15) is 0 Å². The number of aryl methyl sites for hydroxylation is 3. The average molecular weight is 322 g/mol. The van der Waals surface area contributed by atoms with Crippen molar-refractivity contribution >= 4 is 17.4 Å². The summed E-state index contributed by atoms with van der Waals surface area (Å²) >= 11 is 1.58. The van der Waals surface area contributed by atoms with Crippen LogP contribution in [0.25, 0.3) is 0 Å². The summed E-state index contributed by atoms with van der Waals surface area (Å²) in [7, 11) is 0. The van der Waals surface area contributed by atoms with Crippen LogP contribution in [-0.4, -0.2) is 22.2 Å². The highest BCUT2D eigenvalue weighted by Crippen LogP contribution is 2.16. The maximum atomic E-state index is 12.1. The van der Waals surface area contributed by atoms with Crippen molar-refractivity contribution < 1.29 is 9.32 Å². The lowest BCUT2D eigenvalue weighted by Crippen LogP contribution is -2.42. The highest BCUT2D eigenvalue weighted by atomic mass is 32.1. The molecule has 0 spiro atoms. The normalized spacial score (nSPS) is 13.7. The molecule has 0 aromatic carbocycles. The molecular weight excluding hydrogens is 300 g/mol. The van der Waals surface area contributed by atoms with Crippen molar-refractivity contribution in [2.45, 2.75) is 53.1 Å².